The summed E-state index contributed by atoms with van der Waals surface area (Å²) >= 11 is 0. The number of nitrogens with zero attached hydrogens (tertiary/aromatic N) is 5. The molecule has 0 spiro atoms. The Hall–Kier alpha value is -4.15. The number of hydrogen-bond donors (Lipinski definition) is 0. The Bertz CT molecular complexity index is 1200. The zero-order chi connectivity index (χ0) is 22.8. The Morgan fingerprint density at radius 2 is 1.78 bits per heavy atom. The average molecular weight is 439 g/mol. The van der Waals surface area contributed by atoms with E-state index >= 15 is 0 Å². The predicted octanol–water partition coefficient (Wildman–Crippen LogP) is 1.94. The highest BCUT2D eigenvalue weighted by Crippen LogP contribution is 2.39. The van der Waals surface area contributed by atoms with Gasteiger partial charge in [0.1, 0.15) is 12.1 Å². The Balaban J connectivity index is 1.66. The summed E-state index contributed by atoms with van der Waals surface area (Å²) in [5, 5.41) is 13.9. The minimum atomic E-state index is -0.738. The molecule has 2 aromatic carbocycles. The van der Waals surface area contributed by atoms with Crippen LogP contribution in [0.15, 0.2) is 41.5 Å². The number of methoxy groups -OCH3 is 2. The van der Waals surface area contributed by atoms with E-state index in [-0.39, 0.29) is 35.6 Å². The molecule has 11 nitrogen and oxygen atoms in total. The molecule has 1 aromatic heterocycles. The number of carbonyl (C=O) groups excluding carboxylic acids is 2. The Kier molecular flexibility index (Phi) is 5.63. The van der Waals surface area contributed by atoms with E-state index in [9.17, 15) is 9.59 Å². The molecule has 0 radical (unpaired) electrons. The van der Waals surface area contributed by atoms with Gasteiger partial charge in [-0.05, 0) is 24.3 Å². The van der Waals surface area contributed by atoms with Crippen molar-refractivity contribution >= 4 is 28.8 Å². The first-order chi connectivity index (χ1) is 15.4. The number of fused-ring (bicyclic) bond motifs is 1. The largest absolute Gasteiger partial charge is 0.493 e. The molecule has 0 bridgehead atoms. The van der Waals surface area contributed by atoms with E-state index in [1.807, 2.05) is 24.3 Å². The molecule has 4 rings (SSSR count). The van der Waals surface area contributed by atoms with Crippen molar-refractivity contribution in [2.75, 3.05) is 14.2 Å². The SMILES string of the molecule is COc1cc(C2=NN(C(C)=O)[C@H](Cn3nnc4ccccc43)O2)cc(OC)c1OC(C)=O. The molecule has 0 aliphatic carbocycles. The first kappa shape index (κ1) is 21.1. The number of esters is 1. The van der Waals surface area contributed by atoms with Crippen molar-refractivity contribution in [1.29, 1.82) is 0 Å². The number of hydrazone groups is 1. The molecule has 0 N–H and O–H groups in total. The molecule has 1 aliphatic rings. The van der Waals surface area contributed by atoms with Gasteiger partial charge < -0.3 is 18.9 Å². The molecular weight excluding hydrogens is 418 g/mol. The summed E-state index contributed by atoms with van der Waals surface area (Å²) < 4.78 is 23.6. The van der Waals surface area contributed by atoms with Gasteiger partial charge in [-0.25, -0.2) is 4.68 Å². The highest BCUT2D eigenvalue weighted by atomic mass is 16.6. The van der Waals surface area contributed by atoms with E-state index in [2.05, 4.69) is 15.4 Å². The summed E-state index contributed by atoms with van der Waals surface area (Å²) in [5.74, 6) is -0.00189. The lowest BCUT2D eigenvalue weighted by Gasteiger charge is -2.19. The molecule has 1 atom stereocenters. The quantitative estimate of drug-likeness (QED) is 0.422. The van der Waals surface area contributed by atoms with Gasteiger partial charge in [0, 0.05) is 19.4 Å². The van der Waals surface area contributed by atoms with Gasteiger partial charge >= 0.3 is 5.97 Å². The van der Waals surface area contributed by atoms with Crippen molar-refractivity contribution in [2.45, 2.75) is 26.6 Å². The standard InChI is InChI=1S/C21H21N5O6/c1-12(27)26-19(11-25-16-8-6-5-7-15(16)22-24-25)32-21(23-26)14-9-17(29-3)20(31-13(2)28)18(10-14)30-4/h5-10,19H,11H2,1-4H3/t19-/m0/s1. The maximum absolute atomic E-state index is 12.2. The maximum Gasteiger partial charge on any atom is 0.308 e. The van der Waals surface area contributed by atoms with Crippen LogP contribution in [0.2, 0.25) is 0 Å². The Labute approximate surface area is 183 Å². The van der Waals surface area contributed by atoms with Crippen molar-refractivity contribution in [1.82, 2.24) is 20.0 Å². The fraction of sp³-hybridized carbons (Fsp3) is 0.286. The minimum Gasteiger partial charge on any atom is -0.493 e. The van der Waals surface area contributed by atoms with Crippen LogP contribution in [0.1, 0.15) is 19.4 Å². The molecule has 1 aliphatic heterocycles. The van der Waals surface area contributed by atoms with Crippen molar-refractivity contribution in [2.24, 2.45) is 5.10 Å². The van der Waals surface area contributed by atoms with E-state index in [4.69, 9.17) is 18.9 Å². The number of benzene rings is 2. The zero-order valence-electron chi connectivity index (χ0n) is 17.9. The van der Waals surface area contributed by atoms with Gasteiger partial charge in [0.05, 0.1) is 19.7 Å². The van der Waals surface area contributed by atoms with E-state index < -0.39 is 12.2 Å². The van der Waals surface area contributed by atoms with Crippen LogP contribution in [0.3, 0.4) is 0 Å². The number of para-hydroxylation sites is 1. The van der Waals surface area contributed by atoms with Crippen molar-refractivity contribution in [3.05, 3.63) is 42.0 Å². The van der Waals surface area contributed by atoms with Crippen LogP contribution in [-0.2, 0) is 20.9 Å². The molecule has 32 heavy (non-hydrogen) atoms. The second-order valence-electron chi connectivity index (χ2n) is 6.91. The van der Waals surface area contributed by atoms with Gasteiger partial charge in [-0.2, -0.15) is 5.01 Å². The van der Waals surface area contributed by atoms with Gasteiger partial charge in [0.25, 0.3) is 0 Å². The van der Waals surface area contributed by atoms with E-state index in [1.165, 1.54) is 33.1 Å². The molecule has 2 heterocycles. The normalized spacial score (nSPS) is 15.3. The topological polar surface area (TPSA) is 117 Å². The van der Waals surface area contributed by atoms with Crippen molar-refractivity contribution in [3.63, 3.8) is 0 Å². The number of hydrogen-bond acceptors (Lipinski definition) is 9. The third kappa shape index (κ3) is 3.92. The number of aromatic nitrogens is 3. The Morgan fingerprint density at radius 3 is 2.41 bits per heavy atom. The lowest BCUT2D eigenvalue weighted by Crippen LogP contribution is -2.35. The number of carbonyl (C=O) groups is 2. The first-order valence-corrected chi connectivity index (χ1v) is 9.69. The molecule has 3 aromatic rings. The summed E-state index contributed by atoms with van der Waals surface area (Å²) in [6.45, 7) is 2.89. The molecule has 0 fully saturated rings. The Morgan fingerprint density at radius 1 is 1.09 bits per heavy atom. The lowest BCUT2D eigenvalue weighted by molar-refractivity contribution is -0.135. The molecule has 0 unspecified atom stereocenters. The third-order valence-electron chi connectivity index (χ3n) is 4.74. The first-order valence-electron chi connectivity index (χ1n) is 9.69. The number of ether oxygens (including phenoxy) is 4. The number of amides is 1. The molecule has 11 heteroatoms. The van der Waals surface area contributed by atoms with Gasteiger partial charge in [-0.3, -0.25) is 9.59 Å². The van der Waals surface area contributed by atoms with Crippen LogP contribution in [-0.4, -0.2) is 58.2 Å². The van der Waals surface area contributed by atoms with E-state index in [0.717, 1.165) is 11.0 Å². The van der Waals surface area contributed by atoms with Crippen molar-refractivity contribution < 1.29 is 28.5 Å². The van der Waals surface area contributed by atoms with E-state index in [0.29, 0.717) is 5.56 Å². The highest BCUT2D eigenvalue weighted by Gasteiger charge is 2.33. The fourth-order valence-electron chi connectivity index (χ4n) is 3.33. The number of rotatable bonds is 6. The second kappa shape index (κ2) is 8.53. The van der Waals surface area contributed by atoms with E-state index in [1.54, 1.807) is 16.8 Å². The highest BCUT2D eigenvalue weighted by molar-refractivity contribution is 5.97. The van der Waals surface area contributed by atoms with Crippen LogP contribution >= 0.6 is 0 Å². The molecule has 1 amide bonds. The average Bonchev–Trinajstić information content (AvgIpc) is 3.38. The summed E-state index contributed by atoms with van der Waals surface area (Å²) in [5.41, 5.74) is 2.02. The molecule has 166 valence electrons. The predicted molar refractivity (Wildman–Crippen MR) is 112 cm³/mol. The smallest absolute Gasteiger partial charge is 0.308 e. The monoisotopic (exact) mass is 439 g/mol. The van der Waals surface area contributed by atoms with Crippen LogP contribution < -0.4 is 14.2 Å². The second-order valence-corrected chi connectivity index (χ2v) is 6.91. The van der Waals surface area contributed by atoms with Gasteiger partial charge in [-0.15, -0.1) is 10.2 Å². The summed E-state index contributed by atoms with van der Waals surface area (Å²) in [6, 6.07) is 10.7. The van der Waals surface area contributed by atoms with Crippen LogP contribution in [0.25, 0.3) is 11.0 Å². The summed E-state index contributed by atoms with van der Waals surface area (Å²) in [7, 11) is 2.87. The van der Waals surface area contributed by atoms with Crippen LogP contribution in [0, 0.1) is 0 Å². The van der Waals surface area contributed by atoms with Crippen molar-refractivity contribution in [3.8, 4) is 17.2 Å². The third-order valence-corrected chi connectivity index (χ3v) is 4.74. The molecule has 0 saturated heterocycles. The van der Waals surface area contributed by atoms with Crippen LogP contribution in [0.4, 0.5) is 0 Å². The molecular formula is C21H21N5O6. The summed E-state index contributed by atoms with van der Waals surface area (Å²) in [4.78, 5) is 23.7. The maximum atomic E-state index is 12.2. The van der Waals surface area contributed by atoms with Gasteiger partial charge in [-0.1, -0.05) is 17.3 Å². The van der Waals surface area contributed by atoms with Crippen LogP contribution in [0.5, 0.6) is 17.2 Å². The van der Waals surface area contributed by atoms with Gasteiger partial charge in [0.2, 0.25) is 23.8 Å². The molecule has 0 saturated carbocycles. The summed E-state index contributed by atoms with van der Waals surface area (Å²) in [6.07, 6.45) is -0.738. The zero-order valence-corrected chi connectivity index (χ0v) is 17.9. The lowest BCUT2D eigenvalue weighted by atomic mass is 10.1. The minimum absolute atomic E-state index is 0.138. The van der Waals surface area contributed by atoms with Gasteiger partial charge in [0.15, 0.2) is 11.5 Å². The fourth-order valence-corrected chi connectivity index (χ4v) is 3.33.